The molecule has 9 heteroatoms. The van der Waals surface area contributed by atoms with Crippen LogP contribution in [0.1, 0.15) is 33.0 Å². The molecule has 8 nitrogen and oxygen atoms in total. The Balaban J connectivity index is 1.33. The Kier molecular flexibility index (Phi) is 6.00. The first-order chi connectivity index (χ1) is 17.7. The lowest BCUT2D eigenvalue weighted by Crippen LogP contribution is -2.29. The molecule has 0 radical (unpaired) electrons. The van der Waals surface area contributed by atoms with Crippen LogP contribution < -0.4 is 5.32 Å². The Labute approximate surface area is 211 Å². The van der Waals surface area contributed by atoms with Gasteiger partial charge in [-0.25, -0.2) is 4.98 Å². The van der Waals surface area contributed by atoms with E-state index < -0.39 is 6.17 Å². The fourth-order valence-corrected chi connectivity index (χ4v) is 5.39. The van der Waals surface area contributed by atoms with Crippen LogP contribution in [0.25, 0.3) is 17.2 Å². The van der Waals surface area contributed by atoms with Crippen molar-refractivity contribution in [2.75, 3.05) is 18.5 Å². The normalized spacial score (nSPS) is 17.7. The first kappa shape index (κ1) is 22.5. The summed E-state index contributed by atoms with van der Waals surface area (Å²) < 4.78 is 11.4. The lowest BCUT2D eigenvalue weighted by Gasteiger charge is -2.12. The van der Waals surface area contributed by atoms with Crippen LogP contribution >= 0.6 is 11.3 Å². The fraction of sp³-hybridized carbons (Fsp3) is 0.222. The number of aliphatic imine (C=N–C) groups is 1. The number of rotatable bonds is 5. The second-order valence-corrected chi connectivity index (χ2v) is 9.77. The number of anilines is 1. The monoisotopic (exact) mass is 497 g/mol. The number of carbonyl (C=O) groups excluding carboxylic acids is 1. The van der Waals surface area contributed by atoms with Gasteiger partial charge in [0.15, 0.2) is 11.9 Å². The fourth-order valence-electron chi connectivity index (χ4n) is 4.42. The summed E-state index contributed by atoms with van der Waals surface area (Å²) in [6.45, 7) is 3.21. The van der Waals surface area contributed by atoms with Gasteiger partial charge in [0.05, 0.1) is 28.8 Å². The topological polar surface area (TPSA) is 102 Å². The Bertz CT molecular complexity index is 1490. The van der Waals surface area contributed by atoms with Crippen molar-refractivity contribution in [2.45, 2.75) is 25.9 Å². The van der Waals surface area contributed by atoms with Gasteiger partial charge < -0.3 is 14.5 Å². The number of hydrogen-bond acceptors (Lipinski definition) is 9. The van der Waals surface area contributed by atoms with Crippen LogP contribution in [0.5, 0.6) is 0 Å². The Morgan fingerprint density at radius 2 is 1.89 bits per heavy atom. The largest absolute Gasteiger partial charge is 0.402 e. The Hall–Kier alpha value is -3.95. The molecule has 2 aromatic carbocycles. The highest BCUT2D eigenvalue weighted by atomic mass is 32.1. The molecular formula is C27H23N5O3S. The smallest absolute Gasteiger partial charge is 0.317 e. The van der Waals surface area contributed by atoms with E-state index in [4.69, 9.17) is 14.1 Å². The number of Topliss-reactive ketones (excluding diaryl/α,β-unsaturated/α-hetero) is 1. The van der Waals surface area contributed by atoms with Crippen LogP contribution in [0.3, 0.4) is 0 Å². The minimum Gasteiger partial charge on any atom is -0.402 e. The number of thiazole rings is 1. The van der Waals surface area contributed by atoms with E-state index >= 15 is 0 Å². The molecule has 36 heavy (non-hydrogen) atoms. The summed E-state index contributed by atoms with van der Waals surface area (Å²) in [5.74, 6) is 0.228. The molecule has 4 heterocycles. The minimum atomic E-state index is -0.865. The molecule has 2 aliphatic rings. The van der Waals surface area contributed by atoms with E-state index in [1.54, 1.807) is 11.3 Å². The average Bonchev–Trinajstić information content (AvgIpc) is 3.51. The Morgan fingerprint density at radius 1 is 1.06 bits per heavy atom. The van der Waals surface area contributed by atoms with Gasteiger partial charge in [0, 0.05) is 17.5 Å². The number of fused-ring (bicyclic) bond motifs is 1. The van der Waals surface area contributed by atoms with Crippen molar-refractivity contribution in [1.82, 2.24) is 15.2 Å². The van der Waals surface area contributed by atoms with Gasteiger partial charge in [-0.3, -0.25) is 9.79 Å². The molecule has 0 aliphatic carbocycles. The van der Waals surface area contributed by atoms with Gasteiger partial charge in [-0.15, -0.1) is 16.4 Å². The molecule has 0 saturated heterocycles. The van der Waals surface area contributed by atoms with Crippen LogP contribution in [0.4, 0.5) is 6.01 Å². The second kappa shape index (κ2) is 9.60. The molecule has 0 spiro atoms. The third-order valence-corrected chi connectivity index (χ3v) is 7.17. The highest BCUT2D eigenvalue weighted by Gasteiger charge is 2.28. The first-order valence-corrected chi connectivity index (χ1v) is 12.6. The van der Waals surface area contributed by atoms with Gasteiger partial charge in [0.25, 0.3) is 5.89 Å². The molecule has 1 atom stereocenters. The third-order valence-electron chi connectivity index (χ3n) is 6.12. The highest BCUT2D eigenvalue weighted by molar-refractivity contribution is 7.13. The van der Waals surface area contributed by atoms with Crippen molar-refractivity contribution in [3.8, 4) is 11.6 Å². The Morgan fingerprint density at radius 3 is 2.72 bits per heavy atom. The average molecular weight is 498 g/mol. The zero-order chi connectivity index (χ0) is 24.5. The summed E-state index contributed by atoms with van der Waals surface area (Å²) in [5.41, 5.74) is 5.39. The molecule has 4 aromatic rings. The summed E-state index contributed by atoms with van der Waals surface area (Å²) in [4.78, 5) is 23.7. The number of ketones is 1. The molecule has 2 aliphatic heterocycles. The quantitative estimate of drug-likeness (QED) is 0.426. The van der Waals surface area contributed by atoms with Crippen molar-refractivity contribution >= 4 is 34.4 Å². The molecule has 1 N–H and O–H groups in total. The molecule has 0 bridgehead atoms. The van der Waals surface area contributed by atoms with E-state index in [1.165, 1.54) is 5.57 Å². The number of nitrogens with one attached hydrogen (secondary N) is 1. The number of ether oxygens (including phenoxy) is 1. The number of nitrogens with zero attached hydrogens (tertiary/aromatic N) is 4. The van der Waals surface area contributed by atoms with Gasteiger partial charge in [0.2, 0.25) is 0 Å². The minimum absolute atomic E-state index is 0.0781. The van der Waals surface area contributed by atoms with Gasteiger partial charge in [0.1, 0.15) is 5.69 Å². The van der Waals surface area contributed by atoms with E-state index in [2.05, 4.69) is 26.6 Å². The van der Waals surface area contributed by atoms with Crippen molar-refractivity contribution in [2.24, 2.45) is 4.99 Å². The molecule has 0 amide bonds. The van der Waals surface area contributed by atoms with Crippen LogP contribution in [0, 0.1) is 6.92 Å². The summed E-state index contributed by atoms with van der Waals surface area (Å²) in [7, 11) is 0. The molecular weight excluding hydrogens is 474 g/mol. The van der Waals surface area contributed by atoms with Gasteiger partial charge in [-0.05, 0) is 24.5 Å². The number of carbonyl (C=O) groups is 1. The number of benzene rings is 2. The number of aryl methyl sites for hydroxylation is 1. The molecule has 6 rings (SSSR count). The predicted molar refractivity (Wildman–Crippen MR) is 138 cm³/mol. The van der Waals surface area contributed by atoms with E-state index in [0.717, 1.165) is 38.7 Å². The van der Waals surface area contributed by atoms with Gasteiger partial charge in [-0.1, -0.05) is 65.8 Å². The second-order valence-electron chi connectivity index (χ2n) is 8.57. The molecule has 0 fully saturated rings. The van der Waals surface area contributed by atoms with E-state index in [1.807, 2.05) is 61.5 Å². The van der Waals surface area contributed by atoms with Gasteiger partial charge in [-0.2, -0.15) is 0 Å². The molecule has 180 valence electrons. The third kappa shape index (κ3) is 4.38. The summed E-state index contributed by atoms with van der Waals surface area (Å²) >= 11 is 1.60. The van der Waals surface area contributed by atoms with E-state index in [0.29, 0.717) is 24.8 Å². The van der Waals surface area contributed by atoms with Crippen molar-refractivity contribution in [3.63, 3.8) is 0 Å². The SMILES string of the molecule is Cc1nc(-c2nnc(N[C@H]3N=C(c4ccccc4)c4ccccc4CC3=O)o2)c(C2=CCOCC2)s1. The van der Waals surface area contributed by atoms with Crippen molar-refractivity contribution < 1.29 is 13.9 Å². The molecule has 0 saturated carbocycles. The lowest BCUT2D eigenvalue weighted by molar-refractivity contribution is -0.119. The van der Waals surface area contributed by atoms with Crippen LogP contribution in [-0.4, -0.2) is 46.1 Å². The molecule has 2 aromatic heterocycles. The van der Waals surface area contributed by atoms with Crippen LogP contribution in [-0.2, 0) is 16.0 Å². The van der Waals surface area contributed by atoms with Crippen molar-refractivity contribution in [3.05, 3.63) is 87.2 Å². The van der Waals surface area contributed by atoms with E-state index in [9.17, 15) is 4.79 Å². The standard InChI is InChI=1S/C27H23N5O3S/c1-16-28-23(24(36-16)18-11-13-34-14-12-18)26-31-32-27(35-26)30-25-21(33)15-19-9-5-6-10-20(19)22(29-25)17-7-3-2-4-8-17/h2-11,25H,12-15H2,1H3,(H,30,32)/t25-/m1/s1. The highest BCUT2D eigenvalue weighted by Crippen LogP contribution is 2.36. The summed E-state index contributed by atoms with van der Waals surface area (Å²) in [5, 5.41) is 12.4. The summed E-state index contributed by atoms with van der Waals surface area (Å²) in [6, 6.07) is 17.8. The lowest BCUT2D eigenvalue weighted by atomic mass is 9.96. The summed E-state index contributed by atoms with van der Waals surface area (Å²) in [6.07, 6.45) is 2.26. The van der Waals surface area contributed by atoms with Crippen LogP contribution in [0.15, 0.2) is 70.1 Å². The maximum atomic E-state index is 13.2. The number of aromatic nitrogens is 3. The zero-order valence-electron chi connectivity index (χ0n) is 19.6. The van der Waals surface area contributed by atoms with Crippen LogP contribution in [0.2, 0.25) is 0 Å². The maximum absolute atomic E-state index is 13.2. The zero-order valence-corrected chi connectivity index (χ0v) is 20.4. The van der Waals surface area contributed by atoms with Gasteiger partial charge >= 0.3 is 6.01 Å². The molecule has 0 unspecified atom stereocenters. The van der Waals surface area contributed by atoms with E-state index in [-0.39, 0.29) is 18.2 Å². The number of hydrogen-bond donors (Lipinski definition) is 1. The maximum Gasteiger partial charge on any atom is 0.317 e. The predicted octanol–water partition coefficient (Wildman–Crippen LogP) is 4.71. The first-order valence-electron chi connectivity index (χ1n) is 11.7. The van der Waals surface area contributed by atoms with Crippen molar-refractivity contribution in [1.29, 1.82) is 0 Å².